The molecule has 2 aliphatic rings. The number of nitrogens with one attached hydrogen (secondary N) is 9. The number of aliphatic hydroxyl groups is 1. The number of carbonyl (C=O) groups is 11. The van der Waals surface area contributed by atoms with Crippen molar-refractivity contribution >= 4 is 65.4 Å². The Morgan fingerprint density at radius 2 is 1.47 bits per heavy atom. The zero-order valence-electron chi connectivity index (χ0n) is 39.8. The van der Waals surface area contributed by atoms with E-state index in [1.165, 1.54) is 11.8 Å². The van der Waals surface area contributed by atoms with Crippen molar-refractivity contribution in [2.75, 3.05) is 45.8 Å². The van der Waals surface area contributed by atoms with Gasteiger partial charge in [0.2, 0.25) is 53.2 Å². The maximum Gasteiger partial charge on any atom is 0.326 e. The fraction of sp³-hybridized carbons (Fsp3) is 0.744. The van der Waals surface area contributed by atoms with E-state index in [1.807, 2.05) is 13.8 Å². The van der Waals surface area contributed by atoms with Crippen LogP contribution in [0.1, 0.15) is 98.8 Å². The summed E-state index contributed by atoms with van der Waals surface area (Å²) in [7, 11) is 0. The lowest BCUT2D eigenvalue weighted by Gasteiger charge is -2.33. The van der Waals surface area contributed by atoms with Gasteiger partial charge in [-0.1, -0.05) is 27.7 Å². The Morgan fingerprint density at radius 3 is 2.06 bits per heavy atom. The van der Waals surface area contributed by atoms with Gasteiger partial charge in [-0.15, -0.1) is 0 Å². The molecule has 9 amide bonds. The van der Waals surface area contributed by atoms with Crippen molar-refractivity contribution in [3.63, 3.8) is 0 Å². The molecule has 0 spiro atoms. The smallest absolute Gasteiger partial charge is 0.326 e. The number of aliphatic hydroxyl groups excluding tert-OH is 1. The molecule has 68 heavy (non-hydrogen) atoms. The molecular weight excluding hydrogens is 893 g/mol. The lowest BCUT2D eigenvalue weighted by Crippen LogP contribution is -2.62. The first-order valence-electron chi connectivity index (χ1n) is 23.2. The molecule has 2 aliphatic heterocycles. The summed E-state index contributed by atoms with van der Waals surface area (Å²) >= 11 is 0. The molecule has 2 saturated heterocycles. The van der Waals surface area contributed by atoms with Crippen LogP contribution in [0, 0.1) is 11.8 Å². The summed E-state index contributed by atoms with van der Waals surface area (Å²) < 4.78 is 0. The Hall–Kier alpha value is -5.79. The molecule has 0 aromatic carbocycles. The van der Waals surface area contributed by atoms with Crippen LogP contribution in [-0.2, 0) is 52.7 Å². The molecule has 0 bridgehead atoms. The number of hydrogen-bond acceptors (Lipinski definition) is 15. The van der Waals surface area contributed by atoms with Gasteiger partial charge in [0.1, 0.15) is 42.0 Å². The Kier molecular flexibility index (Phi) is 25.0. The van der Waals surface area contributed by atoms with Gasteiger partial charge < -0.3 is 79.2 Å². The lowest BCUT2D eigenvalue weighted by molar-refractivity contribution is -0.144. The normalized spacial score (nSPS) is 19.4. The Balaban J connectivity index is 2.01. The van der Waals surface area contributed by atoms with Crippen molar-refractivity contribution in [3.8, 4) is 0 Å². The van der Waals surface area contributed by atoms with Crippen LogP contribution in [0.25, 0.3) is 0 Å². The number of nitrogens with zero attached hydrogens (tertiary/aromatic N) is 1. The fourth-order valence-electron chi connectivity index (χ4n) is 7.86. The molecule has 2 fully saturated rings. The maximum absolute atomic E-state index is 13.6. The number of carbonyl (C=O) groups excluding carboxylic acids is 10. The second-order valence-corrected chi connectivity index (χ2v) is 18.3. The van der Waals surface area contributed by atoms with E-state index in [0.717, 1.165) is 0 Å². The highest BCUT2D eigenvalue weighted by Crippen LogP contribution is 2.19. The number of carboxylic acid groups (broad SMARTS) is 1. The zero-order chi connectivity index (χ0) is 51.1. The van der Waals surface area contributed by atoms with Crippen LogP contribution in [0.15, 0.2) is 0 Å². The van der Waals surface area contributed by atoms with Crippen molar-refractivity contribution in [2.24, 2.45) is 23.3 Å². The van der Waals surface area contributed by atoms with Crippen LogP contribution < -0.4 is 59.3 Å². The molecule has 384 valence electrons. The van der Waals surface area contributed by atoms with Gasteiger partial charge in [0.05, 0.1) is 31.8 Å². The number of likely N-dealkylation sites (tertiary alicyclic amines) is 1. The number of aliphatic carboxylic acids is 1. The fourth-order valence-corrected chi connectivity index (χ4v) is 7.86. The van der Waals surface area contributed by atoms with Gasteiger partial charge in [-0.25, -0.2) is 4.79 Å². The third kappa shape index (κ3) is 20.6. The van der Waals surface area contributed by atoms with E-state index in [4.69, 9.17) is 11.5 Å². The van der Waals surface area contributed by atoms with Gasteiger partial charge in [0, 0.05) is 26.1 Å². The molecule has 25 nitrogen and oxygen atoms in total. The van der Waals surface area contributed by atoms with Gasteiger partial charge in [0.15, 0.2) is 0 Å². The van der Waals surface area contributed by atoms with E-state index in [1.54, 1.807) is 13.8 Å². The van der Waals surface area contributed by atoms with Crippen molar-refractivity contribution in [1.29, 1.82) is 0 Å². The van der Waals surface area contributed by atoms with Crippen LogP contribution in [0.4, 0.5) is 0 Å². The van der Waals surface area contributed by atoms with Crippen molar-refractivity contribution in [2.45, 2.75) is 147 Å². The van der Waals surface area contributed by atoms with Crippen LogP contribution >= 0.6 is 0 Å². The highest BCUT2D eigenvalue weighted by Gasteiger charge is 2.38. The van der Waals surface area contributed by atoms with Gasteiger partial charge in [-0.2, -0.15) is 0 Å². The van der Waals surface area contributed by atoms with Crippen molar-refractivity contribution < 1.29 is 63.0 Å². The summed E-state index contributed by atoms with van der Waals surface area (Å²) in [5.74, 6) is -7.72. The number of rotatable bonds is 31. The Morgan fingerprint density at radius 1 is 0.794 bits per heavy atom. The molecule has 15 N–H and O–H groups in total. The number of nitrogens with two attached hydrogens (primary N) is 2. The predicted molar refractivity (Wildman–Crippen MR) is 244 cm³/mol. The second-order valence-electron chi connectivity index (χ2n) is 18.3. The summed E-state index contributed by atoms with van der Waals surface area (Å²) in [6.07, 6.45) is 1.64. The molecule has 8 atom stereocenters. The topological polar surface area (TPSA) is 392 Å². The molecule has 0 aromatic rings. The Labute approximate surface area is 396 Å². The number of hydrogen-bond donors (Lipinski definition) is 13. The summed E-state index contributed by atoms with van der Waals surface area (Å²) in [6.45, 7) is 7.62. The van der Waals surface area contributed by atoms with Crippen LogP contribution in [0.3, 0.4) is 0 Å². The number of carboxylic acids is 1. The van der Waals surface area contributed by atoms with E-state index in [9.17, 15) is 63.0 Å². The Bertz CT molecular complexity index is 1780. The molecule has 2 rings (SSSR count). The minimum Gasteiger partial charge on any atom is -0.480 e. The first-order chi connectivity index (χ1) is 32.0. The first-order valence-corrected chi connectivity index (χ1v) is 23.2. The third-order valence-electron chi connectivity index (χ3n) is 11.2. The van der Waals surface area contributed by atoms with Crippen LogP contribution in [0.5, 0.6) is 0 Å². The number of aldehydes is 1. The molecule has 2 heterocycles. The van der Waals surface area contributed by atoms with Gasteiger partial charge >= 0.3 is 5.97 Å². The van der Waals surface area contributed by atoms with Crippen LogP contribution in [0.2, 0.25) is 0 Å². The number of amides is 9. The van der Waals surface area contributed by atoms with Crippen LogP contribution in [-0.4, -0.2) is 174 Å². The van der Waals surface area contributed by atoms with E-state index >= 15 is 0 Å². The van der Waals surface area contributed by atoms with Gasteiger partial charge in [-0.3, -0.25) is 43.2 Å². The molecule has 0 radical (unpaired) electrons. The summed E-state index contributed by atoms with van der Waals surface area (Å²) in [4.78, 5) is 142. The van der Waals surface area contributed by atoms with Crippen molar-refractivity contribution in [1.82, 2.24) is 52.8 Å². The highest BCUT2D eigenvalue weighted by molar-refractivity contribution is 5.96. The maximum atomic E-state index is 13.6. The second kappa shape index (κ2) is 29.2. The zero-order valence-corrected chi connectivity index (χ0v) is 39.8. The molecule has 0 unspecified atom stereocenters. The van der Waals surface area contributed by atoms with Gasteiger partial charge in [-0.05, 0) is 83.1 Å². The first kappa shape index (κ1) is 58.3. The van der Waals surface area contributed by atoms with Gasteiger partial charge in [0.25, 0.3) is 0 Å². The SMILES string of the molecule is CC(C)C[C@H](NC(=O)CNC[C@@](C=O)(CC(C)C)NC(=O)[C@H](CCC(N)=O)NC(=O)CNC(=O)[C@H]1C[C@H](O)CN1)C(=O)N[C@@H](C)C(=O)NCC(=O)N1CCC[C@H]1C(=O)N[C@@H](CCCCN)C(=O)O. The quantitative estimate of drug-likeness (QED) is 0.0229. The van der Waals surface area contributed by atoms with E-state index in [0.29, 0.717) is 38.5 Å². The minimum absolute atomic E-state index is 0.0741. The summed E-state index contributed by atoms with van der Waals surface area (Å²) in [6, 6.07) is -6.44. The van der Waals surface area contributed by atoms with Crippen molar-refractivity contribution in [3.05, 3.63) is 0 Å². The molecule has 0 saturated carbocycles. The third-order valence-corrected chi connectivity index (χ3v) is 11.2. The van der Waals surface area contributed by atoms with E-state index in [-0.39, 0.29) is 70.0 Å². The minimum atomic E-state index is -1.63. The largest absolute Gasteiger partial charge is 0.480 e. The molecule has 0 aliphatic carbocycles. The molecular formula is C43H74N12O13. The van der Waals surface area contributed by atoms with E-state index < -0.39 is 127 Å². The monoisotopic (exact) mass is 967 g/mol. The number of primary amides is 1. The number of unbranched alkanes of at least 4 members (excludes halogenated alkanes) is 1. The number of β-amino-alcohol motifs (C(OH)–C–C–N with tert-alkyl or cyclic N) is 1. The lowest BCUT2D eigenvalue weighted by atomic mass is 9.89. The molecule has 0 aromatic heterocycles. The molecule has 25 heteroatoms. The predicted octanol–water partition coefficient (Wildman–Crippen LogP) is -4.89. The summed E-state index contributed by atoms with van der Waals surface area (Å²) in [5.41, 5.74) is 9.17. The average molecular weight is 967 g/mol. The standard InChI is InChI=1S/C43H74N12O13/c1-24(2)15-31(39(64)50-26(5)37(62)49-21-36(61)55-14-8-10-32(55)41(66)53-29(42(67)68)9-6-7-13-44)52-34(59)19-46-22-43(23-56,17-25(3)4)54-40(65)28(11-12-33(45)58)51-35(60)20-48-38(63)30-16-27(57)18-47-30/h23-32,46-47,57H,6-22,44H2,1-5H3,(H2,45,58)(H,48,63)(H,49,62)(H,50,64)(H,51,60)(H,52,59)(H,53,66)(H,54,65)(H,67,68)/t26-,27-,28-,29-,30+,31-,32-,43+/m0/s1. The summed E-state index contributed by atoms with van der Waals surface area (Å²) in [5, 5.41) is 42.5. The average Bonchev–Trinajstić information content (AvgIpc) is 3.94. The van der Waals surface area contributed by atoms with E-state index in [2.05, 4.69) is 47.9 Å². The highest BCUT2D eigenvalue weighted by atomic mass is 16.4.